The highest BCUT2D eigenvalue weighted by Crippen LogP contribution is 2.18. The summed E-state index contributed by atoms with van der Waals surface area (Å²) in [7, 11) is 1.62. The summed E-state index contributed by atoms with van der Waals surface area (Å²) in [5.74, 6) is 1.41. The van der Waals surface area contributed by atoms with Crippen LogP contribution in [-0.2, 0) is 0 Å². The zero-order chi connectivity index (χ0) is 14.2. The van der Waals surface area contributed by atoms with Gasteiger partial charge < -0.3 is 4.74 Å². The van der Waals surface area contributed by atoms with Gasteiger partial charge in [0.25, 0.3) is 0 Å². The van der Waals surface area contributed by atoms with Crippen molar-refractivity contribution in [3.8, 4) is 5.75 Å². The van der Waals surface area contributed by atoms with Crippen LogP contribution in [0.1, 0.15) is 42.5 Å². The molecule has 0 N–H and O–H groups in total. The van der Waals surface area contributed by atoms with Gasteiger partial charge in [0.2, 0.25) is 0 Å². The zero-order valence-electron chi connectivity index (χ0n) is 11.9. The molecule has 1 aromatic rings. The maximum Gasteiger partial charge on any atom is 0.173 e. The number of nitrogens with zero attached hydrogens (tertiary/aromatic N) is 1. The summed E-state index contributed by atoms with van der Waals surface area (Å²) in [5, 5.41) is 1.14. The second kappa shape index (κ2) is 8.10. The minimum absolute atomic E-state index is 0.155. The van der Waals surface area contributed by atoms with Crippen molar-refractivity contribution in [1.29, 1.82) is 0 Å². The number of hydrogen-bond donors (Lipinski definition) is 0. The lowest BCUT2D eigenvalue weighted by molar-refractivity contribution is 0.102. The predicted octanol–water partition coefficient (Wildman–Crippen LogP) is 3.97. The number of carbonyl (C=O) groups is 1. The van der Waals surface area contributed by atoms with Crippen LogP contribution in [0.3, 0.4) is 0 Å². The van der Waals surface area contributed by atoms with Crippen LogP contribution in [0.4, 0.5) is 0 Å². The number of thioether (sulfide) groups is 1. The van der Waals surface area contributed by atoms with Crippen LogP contribution in [0, 0.1) is 0 Å². The molecule has 1 aromatic carbocycles. The Morgan fingerprint density at radius 3 is 2.70 bits per heavy atom. The molecule has 20 heavy (non-hydrogen) atoms. The maximum atomic E-state index is 12.1. The van der Waals surface area contributed by atoms with Crippen molar-refractivity contribution >= 4 is 22.6 Å². The Morgan fingerprint density at radius 1 is 1.20 bits per heavy atom. The monoisotopic (exact) mass is 291 g/mol. The van der Waals surface area contributed by atoms with Gasteiger partial charge in [0.05, 0.1) is 17.9 Å². The summed E-state index contributed by atoms with van der Waals surface area (Å²) in [6, 6.07) is 7.29. The minimum atomic E-state index is 0.155. The smallest absolute Gasteiger partial charge is 0.173 e. The number of ether oxygens (including phenoxy) is 1. The number of hydrogen-bond acceptors (Lipinski definition) is 4. The molecule has 1 heterocycles. The van der Waals surface area contributed by atoms with Gasteiger partial charge in [0.1, 0.15) is 5.75 Å². The van der Waals surface area contributed by atoms with E-state index >= 15 is 0 Å². The van der Waals surface area contributed by atoms with E-state index in [-0.39, 0.29) is 5.78 Å². The van der Waals surface area contributed by atoms with Crippen molar-refractivity contribution in [2.24, 2.45) is 4.99 Å². The zero-order valence-corrected chi connectivity index (χ0v) is 12.7. The lowest BCUT2D eigenvalue weighted by atomic mass is 10.1. The topological polar surface area (TPSA) is 38.7 Å². The average Bonchev–Trinajstić information content (AvgIpc) is 2.46. The Labute approximate surface area is 124 Å². The molecule has 0 bridgehead atoms. The number of methoxy groups -OCH3 is 1. The molecule has 0 aromatic heterocycles. The molecule has 1 aliphatic rings. The van der Waals surface area contributed by atoms with Crippen molar-refractivity contribution in [2.45, 2.75) is 32.1 Å². The molecule has 3 nitrogen and oxygen atoms in total. The number of Topliss-reactive ketones (excluding diaryl/α,β-unsaturated/α-hetero) is 1. The van der Waals surface area contributed by atoms with E-state index in [1.165, 1.54) is 25.7 Å². The summed E-state index contributed by atoms with van der Waals surface area (Å²) in [6.45, 7) is 0.916. The molecule has 0 atom stereocenters. The van der Waals surface area contributed by atoms with Crippen molar-refractivity contribution in [3.63, 3.8) is 0 Å². The Balaban J connectivity index is 1.87. The normalized spacial score (nSPS) is 18.6. The van der Waals surface area contributed by atoms with Crippen LogP contribution < -0.4 is 4.74 Å². The van der Waals surface area contributed by atoms with Crippen molar-refractivity contribution in [3.05, 3.63) is 29.8 Å². The molecule has 1 aliphatic heterocycles. The summed E-state index contributed by atoms with van der Waals surface area (Å²) in [5.41, 5.74) is 0.741. The summed E-state index contributed by atoms with van der Waals surface area (Å²) in [4.78, 5) is 16.7. The Bertz CT molecular complexity index is 468. The van der Waals surface area contributed by atoms with E-state index in [1.807, 2.05) is 24.3 Å². The van der Waals surface area contributed by atoms with E-state index in [9.17, 15) is 4.79 Å². The molecular weight excluding hydrogens is 270 g/mol. The molecule has 4 heteroatoms. The lowest BCUT2D eigenvalue weighted by Crippen LogP contribution is -2.07. The molecule has 0 aliphatic carbocycles. The molecule has 0 saturated carbocycles. The van der Waals surface area contributed by atoms with E-state index in [0.717, 1.165) is 29.3 Å². The number of rotatable bonds is 4. The second-order valence-corrected chi connectivity index (χ2v) is 5.93. The number of carbonyl (C=O) groups excluding carboxylic acids is 1. The Morgan fingerprint density at radius 2 is 1.95 bits per heavy atom. The Hall–Kier alpha value is -1.29. The fourth-order valence-electron chi connectivity index (χ4n) is 2.15. The van der Waals surface area contributed by atoms with Crippen molar-refractivity contribution in [1.82, 2.24) is 0 Å². The molecule has 0 saturated heterocycles. The quantitative estimate of drug-likeness (QED) is 0.788. The third-order valence-corrected chi connectivity index (χ3v) is 4.44. The second-order valence-electron chi connectivity index (χ2n) is 4.88. The first-order valence-electron chi connectivity index (χ1n) is 7.13. The fourth-order valence-corrected chi connectivity index (χ4v) is 3.09. The van der Waals surface area contributed by atoms with E-state index in [2.05, 4.69) is 4.99 Å². The summed E-state index contributed by atoms with van der Waals surface area (Å²) >= 11 is 1.60. The standard InChI is InChI=1S/C16H21NO2S/c1-19-14-9-7-13(8-10-14)15(18)12-20-16-6-4-2-3-5-11-17-16/h7-10H,2-6,11-12H2,1H3/b17-16+. The largest absolute Gasteiger partial charge is 0.497 e. The fraction of sp³-hybridized carbons (Fsp3) is 0.500. The van der Waals surface area contributed by atoms with Gasteiger partial charge in [-0.25, -0.2) is 0 Å². The molecule has 0 amide bonds. The van der Waals surface area contributed by atoms with E-state index in [1.54, 1.807) is 18.9 Å². The van der Waals surface area contributed by atoms with Gasteiger partial charge in [-0.15, -0.1) is 11.8 Å². The highest BCUT2D eigenvalue weighted by atomic mass is 32.2. The van der Waals surface area contributed by atoms with E-state index in [4.69, 9.17) is 4.74 Å². The molecule has 0 unspecified atom stereocenters. The molecule has 108 valence electrons. The molecule has 0 spiro atoms. The average molecular weight is 291 g/mol. The third kappa shape index (κ3) is 4.67. The minimum Gasteiger partial charge on any atom is -0.497 e. The number of benzene rings is 1. The van der Waals surface area contributed by atoms with Gasteiger partial charge >= 0.3 is 0 Å². The maximum absolute atomic E-state index is 12.1. The van der Waals surface area contributed by atoms with Crippen LogP contribution >= 0.6 is 11.8 Å². The molecular formula is C16H21NO2S. The SMILES string of the molecule is COc1ccc(C(=O)CS/C2=N/CCCCCC2)cc1. The number of aliphatic imine (C=N–C) groups is 1. The predicted molar refractivity (Wildman–Crippen MR) is 85.2 cm³/mol. The lowest BCUT2D eigenvalue weighted by Gasteiger charge is -2.09. The first-order chi connectivity index (χ1) is 9.79. The van der Waals surface area contributed by atoms with Gasteiger partial charge in [-0.05, 0) is 43.5 Å². The van der Waals surface area contributed by atoms with Crippen LogP contribution in [0.25, 0.3) is 0 Å². The van der Waals surface area contributed by atoms with Crippen LogP contribution in [-0.4, -0.2) is 30.2 Å². The van der Waals surface area contributed by atoms with Gasteiger partial charge in [-0.3, -0.25) is 9.79 Å². The molecule has 0 radical (unpaired) electrons. The van der Waals surface area contributed by atoms with Crippen molar-refractivity contribution < 1.29 is 9.53 Å². The van der Waals surface area contributed by atoms with Gasteiger partial charge in [0, 0.05) is 12.1 Å². The van der Waals surface area contributed by atoms with Crippen molar-refractivity contribution in [2.75, 3.05) is 19.4 Å². The van der Waals surface area contributed by atoms with Crippen LogP contribution in [0.5, 0.6) is 5.75 Å². The summed E-state index contributed by atoms with van der Waals surface area (Å²) < 4.78 is 5.09. The van der Waals surface area contributed by atoms with Gasteiger partial charge in [-0.1, -0.05) is 12.8 Å². The van der Waals surface area contributed by atoms with Crippen LogP contribution in [0.15, 0.2) is 29.3 Å². The van der Waals surface area contributed by atoms with E-state index in [0.29, 0.717) is 5.75 Å². The van der Waals surface area contributed by atoms with Gasteiger partial charge in [0.15, 0.2) is 5.78 Å². The highest BCUT2D eigenvalue weighted by molar-refractivity contribution is 8.14. The summed E-state index contributed by atoms with van der Waals surface area (Å²) in [6.07, 6.45) is 5.97. The first kappa shape index (κ1) is 15.1. The number of ketones is 1. The first-order valence-corrected chi connectivity index (χ1v) is 8.11. The molecule has 0 fully saturated rings. The van der Waals surface area contributed by atoms with Crippen LogP contribution in [0.2, 0.25) is 0 Å². The molecule has 2 rings (SSSR count). The highest BCUT2D eigenvalue weighted by Gasteiger charge is 2.10. The van der Waals surface area contributed by atoms with E-state index < -0.39 is 0 Å². The Kier molecular flexibility index (Phi) is 6.12. The third-order valence-electron chi connectivity index (χ3n) is 3.37. The van der Waals surface area contributed by atoms with Gasteiger partial charge in [-0.2, -0.15) is 0 Å².